The molecule has 0 spiro atoms. The van der Waals surface area contributed by atoms with Crippen LogP contribution in [0.5, 0.6) is 0 Å². The number of unbranched alkanes of at least 4 members (excludes halogenated alkanes) is 1. The van der Waals surface area contributed by atoms with Crippen molar-refractivity contribution < 1.29 is 23.8 Å². The fraction of sp³-hybridized carbons (Fsp3) is 0.586. The Morgan fingerprint density at radius 3 is 2.97 bits per heavy atom. The summed E-state index contributed by atoms with van der Waals surface area (Å²) in [4.78, 5) is 19.1. The average molecular weight is 512 g/mol. The lowest BCUT2D eigenvalue weighted by atomic mass is 9.92. The molecule has 2 aromatic rings. The van der Waals surface area contributed by atoms with Crippen LogP contribution in [0.25, 0.3) is 0 Å². The van der Waals surface area contributed by atoms with E-state index in [2.05, 4.69) is 17.4 Å². The first-order valence-corrected chi connectivity index (χ1v) is 13.8. The Balaban J connectivity index is 1.13. The van der Waals surface area contributed by atoms with Gasteiger partial charge in [0.25, 0.3) is 0 Å². The second-order valence-electron chi connectivity index (χ2n) is 10.4. The Morgan fingerprint density at radius 1 is 1.22 bits per heavy atom. The van der Waals surface area contributed by atoms with Gasteiger partial charge in [0, 0.05) is 38.5 Å². The Morgan fingerprint density at radius 2 is 2.14 bits per heavy atom. The monoisotopic (exact) mass is 511 g/mol. The van der Waals surface area contributed by atoms with Crippen LogP contribution in [0.3, 0.4) is 0 Å². The molecule has 3 atom stereocenters. The molecule has 3 aliphatic rings. The number of carboxylic acid groups (broad SMARTS) is 1. The van der Waals surface area contributed by atoms with Crippen molar-refractivity contribution in [1.82, 2.24) is 9.88 Å². The Kier molecular flexibility index (Phi) is 8.69. The van der Waals surface area contributed by atoms with Crippen LogP contribution in [0.2, 0.25) is 0 Å². The Labute approximate surface area is 218 Å². The summed E-state index contributed by atoms with van der Waals surface area (Å²) < 4.78 is 26.3. The summed E-state index contributed by atoms with van der Waals surface area (Å²) in [5.74, 6) is -1.38. The van der Waals surface area contributed by atoms with Crippen LogP contribution in [0, 0.1) is 5.82 Å². The number of fused-ring (bicyclic) bond motifs is 1. The van der Waals surface area contributed by atoms with Crippen LogP contribution < -0.4 is 5.32 Å². The van der Waals surface area contributed by atoms with Crippen LogP contribution in [0.4, 0.5) is 10.1 Å². The quantitative estimate of drug-likeness (QED) is 0.432. The molecule has 0 bridgehead atoms. The number of carboxylic acids is 1. The van der Waals surface area contributed by atoms with Crippen molar-refractivity contribution in [3.05, 3.63) is 58.7 Å². The molecule has 2 saturated heterocycles. The summed E-state index contributed by atoms with van der Waals surface area (Å²) >= 11 is 0. The number of pyridine rings is 1. The minimum absolute atomic E-state index is 0.0160. The third-order valence-corrected chi connectivity index (χ3v) is 7.76. The molecule has 1 aromatic heterocycles. The second-order valence-corrected chi connectivity index (χ2v) is 10.4. The lowest BCUT2D eigenvalue weighted by Gasteiger charge is -2.30. The molecule has 3 aliphatic heterocycles. The van der Waals surface area contributed by atoms with Gasteiger partial charge in [0.05, 0.1) is 23.6 Å². The molecule has 2 fully saturated rings. The number of likely N-dealkylation sites (tertiary alicyclic amines) is 1. The van der Waals surface area contributed by atoms with Gasteiger partial charge in [-0.1, -0.05) is 6.07 Å². The standard InChI is InChI=1S/C29H38FN3O4/c30-20-9-11-23(27-8-2-4-17-37-27)24(18-20)28(29(34)35)33-15-13-22(19-33)36-16-3-1-6-21-10-12-25-26(32-21)7-5-14-31-25/h9-12,18,22,27-28,31H,1-8,13-17,19H2,(H,34,35)/t22-,27+,28-/m1/s1. The highest BCUT2D eigenvalue weighted by atomic mass is 19.1. The van der Waals surface area contributed by atoms with Gasteiger partial charge in [0.1, 0.15) is 11.9 Å². The summed E-state index contributed by atoms with van der Waals surface area (Å²) in [7, 11) is 0. The maximum absolute atomic E-state index is 14.3. The molecule has 0 amide bonds. The van der Waals surface area contributed by atoms with E-state index in [1.54, 1.807) is 6.07 Å². The number of aryl methyl sites for hydroxylation is 2. The maximum Gasteiger partial charge on any atom is 0.325 e. The Bertz CT molecular complexity index is 1080. The number of aromatic nitrogens is 1. The van der Waals surface area contributed by atoms with E-state index in [9.17, 15) is 14.3 Å². The molecule has 37 heavy (non-hydrogen) atoms. The van der Waals surface area contributed by atoms with Crippen molar-refractivity contribution in [2.24, 2.45) is 0 Å². The lowest BCUT2D eigenvalue weighted by molar-refractivity contribution is -0.143. The summed E-state index contributed by atoms with van der Waals surface area (Å²) in [5, 5.41) is 13.6. The van der Waals surface area contributed by atoms with Crippen molar-refractivity contribution in [3.8, 4) is 0 Å². The highest BCUT2D eigenvalue weighted by molar-refractivity contribution is 5.76. The number of halogens is 1. The van der Waals surface area contributed by atoms with Crippen molar-refractivity contribution in [3.63, 3.8) is 0 Å². The number of anilines is 1. The number of benzene rings is 1. The molecule has 1 aromatic carbocycles. The smallest absolute Gasteiger partial charge is 0.325 e. The highest BCUT2D eigenvalue weighted by Gasteiger charge is 2.36. The van der Waals surface area contributed by atoms with E-state index in [1.807, 2.05) is 4.90 Å². The second kappa shape index (κ2) is 12.3. The first kappa shape index (κ1) is 26.1. The molecule has 0 radical (unpaired) electrons. The SMILES string of the molecule is O=C(O)[C@@H](c1cc(F)ccc1[C@@H]1CCCCO1)N1CC[C@@H](OCCCCc2ccc3c(n2)CCCN3)C1. The van der Waals surface area contributed by atoms with Gasteiger partial charge in [-0.05, 0) is 93.2 Å². The average Bonchev–Trinajstić information content (AvgIpc) is 3.37. The third kappa shape index (κ3) is 6.48. The minimum atomic E-state index is -0.962. The summed E-state index contributed by atoms with van der Waals surface area (Å²) in [6.45, 7) is 3.45. The number of rotatable bonds is 10. The molecule has 0 saturated carbocycles. The van der Waals surface area contributed by atoms with E-state index in [4.69, 9.17) is 14.5 Å². The molecular formula is C29H38FN3O4. The molecule has 8 heteroatoms. The number of aliphatic carboxylic acids is 1. The fourth-order valence-corrected chi connectivity index (χ4v) is 5.85. The number of nitrogens with one attached hydrogen (secondary N) is 1. The van der Waals surface area contributed by atoms with Crippen molar-refractivity contribution >= 4 is 11.7 Å². The van der Waals surface area contributed by atoms with Gasteiger partial charge in [-0.2, -0.15) is 0 Å². The molecule has 200 valence electrons. The van der Waals surface area contributed by atoms with E-state index in [0.29, 0.717) is 31.9 Å². The van der Waals surface area contributed by atoms with Crippen LogP contribution in [-0.2, 0) is 27.1 Å². The van der Waals surface area contributed by atoms with E-state index in [-0.39, 0.29) is 12.2 Å². The summed E-state index contributed by atoms with van der Waals surface area (Å²) in [6.07, 6.45) is 8.47. The molecule has 2 N–H and O–H groups in total. The van der Waals surface area contributed by atoms with Gasteiger partial charge < -0.3 is 19.9 Å². The predicted octanol–water partition coefficient (Wildman–Crippen LogP) is 5.06. The van der Waals surface area contributed by atoms with Crippen LogP contribution in [0.1, 0.15) is 79.6 Å². The number of nitrogens with zero attached hydrogens (tertiary/aromatic N) is 2. The predicted molar refractivity (Wildman–Crippen MR) is 139 cm³/mol. The van der Waals surface area contributed by atoms with Gasteiger partial charge in [-0.15, -0.1) is 0 Å². The van der Waals surface area contributed by atoms with Crippen molar-refractivity contribution in [2.75, 3.05) is 38.2 Å². The third-order valence-electron chi connectivity index (χ3n) is 7.76. The number of carbonyl (C=O) groups is 1. The topological polar surface area (TPSA) is 83.9 Å². The van der Waals surface area contributed by atoms with Crippen molar-refractivity contribution in [1.29, 1.82) is 0 Å². The summed E-state index contributed by atoms with van der Waals surface area (Å²) in [5.41, 5.74) is 4.78. The molecule has 7 nitrogen and oxygen atoms in total. The lowest BCUT2D eigenvalue weighted by Crippen LogP contribution is -2.34. The van der Waals surface area contributed by atoms with E-state index in [1.165, 1.54) is 23.5 Å². The first-order valence-electron chi connectivity index (χ1n) is 13.8. The Hall–Kier alpha value is -2.55. The van der Waals surface area contributed by atoms with Crippen LogP contribution >= 0.6 is 0 Å². The van der Waals surface area contributed by atoms with E-state index >= 15 is 0 Å². The zero-order chi connectivity index (χ0) is 25.6. The van der Waals surface area contributed by atoms with Gasteiger partial charge in [-0.3, -0.25) is 14.7 Å². The van der Waals surface area contributed by atoms with Gasteiger partial charge >= 0.3 is 5.97 Å². The van der Waals surface area contributed by atoms with Gasteiger partial charge in [-0.25, -0.2) is 4.39 Å². The van der Waals surface area contributed by atoms with Gasteiger partial charge in [0.2, 0.25) is 0 Å². The highest BCUT2D eigenvalue weighted by Crippen LogP contribution is 2.36. The maximum atomic E-state index is 14.3. The van der Waals surface area contributed by atoms with E-state index < -0.39 is 17.8 Å². The molecule has 0 unspecified atom stereocenters. The van der Waals surface area contributed by atoms with Crippen LogP contribution in [-0.4, -0.2) is 59.9 Å². The fourth-order valence-electron chi connectivity index (χ4n) is 5.85. The molecule has 0 aliphatic carbocycles. The normalized spacial score (nSPS) is 22.8. The largest absolute Gasteiger partial charge is 0.480 e. The van der Waals surface area contributed by atoms with E-state index in [0.717, 1.165) is 75.6 Å². The zero-order valence-electron chi connectivity index (χ0n) is 21.5. The molecule has 4 heterocycles. The van der Waals surface area contributed by atoms with Gasteiger partial charge in [0.15, 0.2) is 0 Å². The molecular weight excluding hydrogens is 473 g/mol. The zero-order valence-corrected chi connectivity index (χ0v) is 21.5. The van der Waals surface area contributed by atoms with Crippen molar-refractivity contribution in [2.45, 2.75) is 76.0 Å². The molecule has 5 rings (SSSR count). The number of hydrogen-bond donors (Lipinski definition) is 2. The summed E-state index contributed by atoms with van der Waals surface area (Å²) in [6, 6.07) is 7.83. The number of ether oxygens (including phenoxy) is 2. The number of hydrogen-bond acceptors (Lipinski definition) is 6. The minimum Gasteiger partial charge on any atom is -0.480 e. The van der Waals surface area contributed by atoms with Crippen LogP contribution in [0.15, 0.2) is 30.3 Å². The first-order chi connectivity index (χ1) is 18.1.